The molecule has 0 saturated carbocycles. The van der Waals surface area contributed by atoms with E-state index in [1.165, 1.54) is 10.9 Å². The summed E-state index contributed by atoms with van der Waals surface area (Å²) in [5, 5.41) is 11.9. The molecule has 7 heteroatoms. The largest absolute Gasteiger partial charge is 0.444 e. The second-order valence-corrected chi connectivity index (χ2v) is 15.1. The van der Waals surface area contributed by atoms with Crippen molar-refractivity contribution in [3.05, 3.63) is 29.3 Å². The molecule has 1 aliphatic heterocycles. The zero-order valence-corrected chi connectivity index (χ0v) is 20.2. The zero-order valence-electron chi connectivity index (χ0n) is 19.2. The quantitative estimate of drug-likeness (QED) is 0.699. The number of fused-ring (bicyclic) bond motifs is 1. The second kappa shape index (κ2) is 8.08. The summed E-state index contributed by atoms with van der Waals surface area (Å²) in [6.45, 7) is 14.2. The number of amides is 1. The Morgan fingerprint density at radius 3 is 2.63 bits per heavy atom. The van der Waals surface area contributed by atoms with Crippen molar-refractivity contribution in [3.8, 4) is 6.07 Å². The number of ether oxygens (including phenoxy) is 2. The Hall–Kier alpha value is -2.30. The molecule has 6 nitrogen and oxygen atoms in total. The average Bonchev–Trinajstić information content (AvgIpc) is 2.92. The van der Waals surface area contributed by atoms with E-state index in [0.29, 0.717) is 31.7 Å². The van der Waals surface area contributed by atoms with Crippen LogP contribution in [-0.2, 0) is 22.9 Å². The highest BCUT2D eigenvalue weighted by atomic mass is 28.3. The first-order valence-corrected chi connectivity index (χ1v) is 14.0. The maximum Gasteiger partial charge on any atom is 0.410 e. The fraction of sp³-hybridized carbons (Fsp3) is 0.565. The number of hydrogen-bond acceptors (Lipinski definition) is 4. The van der Waals surface area contributed by atoms with Crippen molar-refractivity contribution in [3.63, 3.8) is 0 Å². The first kappa shape index (κ1) is 22.4. The number of carbonyl (C=O) groups excluding carboxylic acids is 1. The molecule has 1 atom stereocenters. The second-order valence-electron chi connectivity index (χ2n) is 10.1. The molecule has 0 spiro atoms. The van der Waals surface area contributed by atoms with Gasteiger partial charge in [-0.05, 0) is 51.0 Å². The topological polar surface area (TPSA) is 67.5 Å². The van der Waals surface area contributed by atoms with Gasteiger partial charge in [0, 0.05) is 29.8 Å². The van der Waals surface area contributed by atoms with E-state index in [2.05, 4.69) is 37.3 Å². The van der Waals surface area contributed by atoms with E-state index >= 15 is 0 Å². The summed E-state index contributed by atoms with van der Waals surface area (Å²) < 4.78 is 13.7. The van der Waals surface area contributed by atoms with Crippen molar-refractivity contribution in [2.24, 2.45) is 7.05 Å². The van der Waals surface area contributed by atoms with Gasteiger partial charge in [0.25, 0.3) is 0 Å². The summed E-state index contributed by atoms with van der Waals surface area (Å²) in [7, 11) is 0.405. The van der Waals surface area contributed by atoms with E-state index in [1.54, 1.807) is 0 Å². The van der Waals surface area contributed by atoms with Crippen LogP contribution in [0.25, 0.3) is 10.9 Å². The van der Waals surface area contributed by atoms with E-state index in [9.17, 15) is 10.1 Å². The first-order valence-electron chi connectivity index (χ1n) is 10.5. The van der Waals surface area contributed by atoms with Crippen LogP contribution in [0.5, 0.6) is 0 Å². The van der Waals surface area contributed by atoms with Gasteiger partial charge in [0.05, 0.1) is 39.0 Å². The number of aryl methyl sites for hydroxylation is 1. The minimum absolute atomic E-state index is 0.0972. The summed E-state index contributed by atoms with van der Waals surface area (Å²) in [5.74, 6) is 0. The summed E-state index contributed by atoms with van der Waals surface area (Å²) in [6.07, 6.45) is 0.397. The molecule has 30 heavy (non-hydrogen) atoms. The molecule has 0 radical (unpaired) electrons. The molecule has 0 N–H and O–H groups in total. The van der Waals surface area contributed by atoms with E-state index < -0.39 is 13.7 Å². The molecule has 1 amide bonds. The molecular formula is C23H33N3O3Si. The van der Waals surface area contributed by atoms with Gasteiger partial charge in [-0.3, -0.25) is 0 Å². The van der Waals surface area contributed by atoms with Gasteiger partial charge in [-0.15, -0.1) is 0 Å². The Morgan fingerprint density at radius 2 is 2.03 bits per heavy atom. The van der Waals surface area contributed by atoms with Crippen LogP contribution in [0.1, 0.15) is 31.9 Å². The van der Waals surface area contributed by atoms with Crippen molar-refractivity contribution in [1.29, 1.82) is 5.26 Å². The minimum Gasteiger partial charge on any atom is -0.444 e. The molecule has 2 aromatic rings. The molecule has 1 aliphatic rings. The van der Waals surface area contributed by atoms with Crippen molar-refractivity contribution in [2.45, 2.75) is 58.5 Å². The predicted octanol–water partition coefficient (Wildman–Crippen LogP) is 3.77. The van der Waals surface area contributed by atoms with Crippen molar-refractivity contribution in [2.75, 3.05) is 19.8 Å². The molecule has 0 aliphatic carbocycles. The standard InChI is InChI=1S/C23H33N3O3Si/c1-23(2,3)29-22(27)26-10-11-28-15-17(26)13-19-18-12-16(14-24)8-9-20(18)25(4)21(19)30(5,6)7/h8-9,12,17H,10-11,13,15H2,1-7H3/t17-/m0/s1. The number of morpholine rings is 1. The number of nitriles is 1. The van der Waals surface area contributed by atoms with Gasteiger partial charge < -0.3 is 18.9 Å². The van der Waals surface area contributed by atoms with Gasteiger partial charge in [-0.1, -0.05) is 19.6 Å². The van der Waals surface area contributed by atoms with Crippen LogP contribution in [0.15, 0.2) is 18.2 Å². The highest BCUT2D eigenvalue weighted by molar-refractivity contribution is 6.88. The maximum atomic E-state index is 12.9. The molecule has 3 rings (SSSR count). The average molecular weight is 428 g/mol. The van der Waals surface area contributed by atoms with Crippen LogP contribution in [0.4, 0.5) is 4.79 Å². The first-order chi connectivity index (χ1) is 13.9. The molecule has 1 aromatic heterocycles. The lowest BCUT2D eigenvalue weighted by Crippen LogP contribution is -2.52. The lowest BCUT2D eigenvalue weighted by molar-refractivity contribution is -0.0318. The summed E-state index contributed by atoms with van der Waals surface area (Å²) >= 11 is 0. The van der Waals surface area contributed by atoms with Gasteiger partial charge >= 0.3 is 6.09 Å². The van der Waals surface area contributed by atoms with Crippen LogP contribution >= 0.6 is 0 Å². The van der Waals surface area contributed by atoms with E-state index in [4.69, 9.17) is 9.47 Å². The summed E-state index contributed by atoms with van der Waals surface area (Å²) in [4.78, 5) is 14.7. The summed E-state index contributed by atoms with van der Waals surface area (Å²) in [5.41, 5.74) is 2.47. The van der Waals surface area contributed by atoms with E-state index in [0.717, 1.165) is 10.9 Å². The van der Waals surface area contributed by atoms with Crippen molar-refractivity contribution < 1.29 is 14.3 Å². The number of rotatable bonds is 3. The molecule has 2 heterocycles. The third-order valence-corrected chi connectivity index (χ3v) is 7.50. The van der Waals surface area contributed by atoms with Crippen LogP contribution in [0, 0.1) is 11.3 Å². The Bertz CT molecular complexity index is 992. The van der Waals surface area contributed by atoms with Gasteiger partial charge in [0.2, 0.25) is 0 Å². The van der Waals surface area contributed by atoms with Gasteiger partial charge in [0.15, 0.2) is 0 Å². The smallest absolute Gasteiger partial charge is 0.410 e. The van der Waals surface area contributed by atoms with Gasteiger partial charge in [-0.2, -0.15) is 5.26 Å². The molecule has 1 saturated heterocycles. The Balaban J connectivity index is 2.06. The number of benzene rings is 1. The molecule has 0 unspecified atom stereocenters. The third kappa shape index (κ3) is 4.55. The van der Waals surface area contributed by atoms with Gasteiger partial charge in [-0.25, -0.2) is 4.79 Å². The highest BCUT2D eigenvalue weighted by Gasteiger charge is 2.34. The number of carbonyl (C=O) groups is 1. The van der Waals surface area contributed by atoms with Crippen molar-refractivity contribution in [1.82, 2.24) is 9.47 Å². The van der Waals surface area contributed by atoms with E-state index in [-0.39, 0.29) is 12.1 Å². The highest BCUT2D eigenvalue weighted by Crippen LogP contribution is 2.27. The van der Waals surface area contributed by atoms with Crippen LogP contribution in [0.2, 0.25) is 19.6 Å². The fourth-order valence-corrected chi connectivity index (χ4v) is 6.64. The van der Waals surface area contributed by atoms with Crippen LogP contribution < -0.4 is 5.32 Å². The predicted molar refractivity (Wildman–Crippen MR) is 122 cm³/mol. The van der Waals surface area contributed by atoms with Gasteiger partial charge in [0.1, 0.15) is 5.60 Å². The van der Waals surface area contributed by atoms with Crippen LogP contribution in [-0.4, -0.2) is 55.0 Å². The zero-order chi connectivity index (χ0) is 22.3. The molecule has 0 bridgehead atoms. The van der Waals surface area contributed by atoms with Crippen LogP contribution in [0.3, 0.4) is 0 Å². The monoisotopic (exact) mass is 427 g/mol. The number of hydrogen-bond donors (Lipinski definition) is 0. The lowest BCUT2D eigenvalue weighted by atomic mass is 10.0. The normalized spacial score (nSPS) is 17.8. The Morgan fingerprint density at radius 1 is 1.33 bits per heavy atom. The molecule has 1 aromatic carbocycles. The van der Waals surface area contributed by atoms with E-state index in [1.807, 2.05) is 43.9 Å². The Labute approximate surface area is 180 Å². The summed E-state index contributed by atoms with van der Waals surface area (Å²) in [6, 6.07) is 8.05. The van der Waals surface area contributed by atoms with Crippen molar-refractivity contribution >= 4 is 30.4 Å². The Kier molecular flexibility index (Phi) is 6.03. The number of nitrogens with zero attached hydrogens (tertiary/aromatic N) is 3. The number of aromatic nitrogens is 1. The fourth-order valence-electron chi connectivity index (χ4n) is 4.37. The minimum atomic E-state index is -1.70. The molecular weight excluding hydrogens is 394 g/mol. The SMILES string of the molecule is Cn1c([Si](C)(C)C)c(C[C@H]2COCCN2C(=O)OC(C)(C)C)c2cc(C#N)ccc21. The molecule has 162 valence electrons. The lowest BCUT2D eigenvalue weighted by Gasteiger charge is -2.37. The third-order valence-electron chi connectivity index (χ3n) is 5.44. The molecule has 1 fully saturated rings. The maximum absolute atomic E-state index is 12.9.